The number of amides is 3. The van der Waals surface area contributed by atoms with Crippen LogP contribution in [0.15, 0.2) is 0 Å². The molecule has 124 valence electrons. The van der Waals surface area contributed by atoms with E-state index in [9.17, 15) is 18.0 Å². The van der Waals surface area contributed by atoms with Crippen LogP contribution in [0.25, 0.3) is 0 Å². The van der Waals surface area contributed by atoms with Gasteiger partial charge in [-0.2, -0.15) is 0 Å². The Bertz CT molecular complexity index is 550. The summed E-state index contributed by atoms with van der Waals surface area (Å²) in [5.74, 6) is 0.0386. The van der Waals surface area contributed by atoms with E-state index in [4.69, 9.17) is 0 Å². The zero-order valence-electron chi connectivity index (χ0n) is 12.6. The van der Waals surface area contributed by atoms with Crippen molar-refractivity contribution in [2.45, 2.75) is 44.2 Å². The van der Waals surface area contributed by atoms with Crippen LogP contribution in [-0.4, -0.2) is 61.9 Å². The van der Waals surface area contributed by atoms with E-state index < -0.39 is 9.84 Å². The molecule has 1 atom stereocenters. The Morgan fingerprint density at radius 3 is 2.14 bits per heavy atom. The first kappa shape index (κ1) is 15.6. The zero-order valence-corrected chi connectivity index (χ0v) is 13.4. The first-order valence-electron chi connectivity index (χ1n) is 7.99. The number of sulfone groups is 1. The number of carbonyl (C=O) groups is 2. The molecule has 3 rings (SSSR count). The van der Waals surface area contributed by atoms with Crippen molar-refractivity contribution >= 4 is 21.8 Å². The van der Waals surface area contributed by atoms with Crippen molar-refractivity contribution in [2.75, 3.05) is 24.6 Å². The SMILES string of the molecule is O=C(NC1CCS(=O)(=O)C1)C1CCN(C(=O)NC2CC2)CC1. The van der Waals surface area contributed by atoms with Gasteiger partial charge in [-0.05, 0) is 32.1 Å². The van der Waals surface area contributed by atoms with Gasteiger partial charge in [-0.3, -0.25) is 4.79 Å². The minimum atomic E-state index is -2.97. The number of likely N-dealkylation sites (tertiary alicyclic amines) is 1. The number of hydrogen-bond donors (Lipinski definition) is 2. The third kappa shape index (κ3) is 3.91. The molecular formula is C14H23N3O4S. The molecule has 3 fully saturated rings. The van der Waals surface area contributed by atoms with Crippen molar-refractivity contribution in [3.63, 3.8) is 0 Å². The summed E-state index contributed by atoms with van der Waals surface area (Å²) in [5, 5.41) is 5.81. The fraction of sp³-hybridized carbons (Fsp3) is 0.857. The van der Waals surface area contributed by atoms with Crippen molar-refractivity contribution in [1.82, 2.24) is 15.5 Å². The Balaban J connectivity index is 1.42. The van der Waals surface area contributed by atoms with Crippen LogP contribution in [0, 0.1) is 5.92 Å². The second-order valence-corrected chi connectivity index (χ2v) is 8.82. The van der Waals surface area contributed by atoms with Gasteiger partial charge in [0.05, 0.1) is 11.5 Å². The van der Waals surface area contributed by atoms with E-state index in [0.717, 1.165) is 12.8 Å². The van der Waals surface area contributed by atoms with Gasteiger partial charge in [-0.1, -0.05) is 0 Å². The highest BCUT2D eigenvalue weighted by Gasteiger charge is 2.33. The van der Waals surface area contributed by atoms with Gasteiger partial charge < -0.3 is 15.5 Å². The van der Waals surface area contributed by atoms with Gasteiger partial charge in [0.1, 0.15) is 0 Å². The summed E-state index contributed by atoms with van der Waals surface area (Å²) < 4.78 is 22.8. The highest BCUT2D eigenvalue weighted by atomic mass is 32.2. The lowest BCUT2D eigenvalue weighted by Crippen LogP contribution is -2.48. The number of nitrogens with zero attached hydrogens (tertiary/aromatic N) is 1. The molecule has 0 spiro atoms. The summed E-state index contributed by atoms with van der Waals surface area (Å²) >= 11 is 0. The molecule has 0 aromatic carbocycles. The fourth-order valence-corrected chi connectivity index (χ4v) is 4.74. The van der Waals surface area contributed by atoms with E-state index in [0.29, 0.717) is 38.4 Å². The molecule has 7 nitrogen and oxygen atoms in total. The lowest BCUT2D eigenvalue weighted by atomic mass is 9.95. The molecule has 8 heteroatoms. The highest BCUT2D eigenvalue weighted by molar-refractivity contribution is 7.91. The molecule has 1 saturated carbocycles. The minimum Gasteiger partial charge on any atom is -0.352 e. The van der Waals surface area contributed by atoms with Crippen molar-refractivity contribution in [3.05, 3.63) is 0 Å². The molecule has 1 aliphatic carbocycles. The summed E-state index contributed by atoms with van der Waals surface area (Å²) in [5.41, 5.74) is 0. The van der Waals surface area contributed by atoms with Crippen molar-refractivity contribution in [1.29, 1.82) is 0 Å². The first-order chi connectivity index (χ1) is 10.4. The third-order valence-electron chi connectivity index (χ3n) is 4.64. The van der Waals surface area contributed by atoms with Gasteiger partial charge in [0.2, 0.25) is 5.91 Å². The fourth-order valence-electron chi connectivity index (χ4n) is 3.07. The number of carbonyl (C=O) groups excluding carboxylic acids is 2. The summed E-state index contributed by atoms with van der Waals surface area (Å²) in [7, 11) is -2.97. The van der Waals surface area contributed by atoms with Gasteiger partial charge in [-0.15, -0.1) is 0 Å². The molecule has 1 unspecified atom stereocenters. The van der Waals surface area contributed by atoms with Crippen LogP contribution in [-0.2, 0) is 14.6 Å². The average molecular weight is 329 g/mol. The Hall–Kier alpha value is -1.31. The van der Waals surface area contributed by atoms with E-state index in [1.54, 1.807) is 4.90 Å². The Morgan fingerprint density at radius 1 is 0.909 bits per heavy atom. The number of piperidine rings is 1. The van der Waals surface area contributed by atoms with Gasteiger partial charge >= 0.3 is 6.03 Å². The molecule has 22 heavy (non-hydrogen) atoms. The quantitative estimate of drug-likeness (QED) is 0.754. The van der Waals surface area contributed by atoms with Crippen LogP contribution in [0.5, 0.6) is 0 Å². The number of urea groups is 1. The van der Waals surface area contributed by atoms with Crippen molar-refractivity contribution < 1.29 is 18.0 Å². The van der Waals surface area contributed by atoms with Crippen molar-refractivity contribution in [2.24, 2.45) is 5.92 Å². The zero-order chi connectivity index (χ0) is 15.7. The second kappa shape index (κ2) is 6.06. The van der Waals surface area contributed by atoms with Gasteiger partial charge in [0.25, 0.3) is 0 Å². The Labute approximate surface area is 130 Å². The predicted octanol–water partition coefficient (Wildman–Crippen LogP) is -0.126. The van der Waals surface area contributed by atoms with E-state index >= 15 is 0 Å². The predicted molar refractivity (Wildman–Crippen MR) is 81.1 cm³/mol. The normalized spacial score (nSPS) is 28.4. The molecule has 0 radical (unpaired) electrons. The monoisotopic (exact) mass is 329 g/mol. The molecule has 3 aliphatic rings. The topological polar surface area (TPSA) is 95.6 Å². The third-order valence-corrected chi connectivity index (χ3v) is 6.40. The summed E-state index contributed by atoms with van der Waals surface area (Å²) in [4.78, 5) is 25.9. The standard InChI is InChI=1S/C14H23N3O4S/c18-13(15-12-5-8-22(20,21)9-12)10-3-6-17(7-4-10)14(19)16-11-1-2-11/h10-12H,1-9H2,(H,15,18)(H,16,19). The smallest absolute Gasteiger partial charge is 0.317 e. The van der Waals surface area contributed by atoms with Gasteiger partial charge in [-0.25, -0.2) is 13.2 Å². The van der Waals surface area contributed by atoms with Crippen LogP contribution in [0.3, 0.4) is 0 Å². The molecule has 2 saturated heterocycles. The van der Waals surface area contributed by atoms with Crippen molar-refractivity contribution in [3.8, 4) is 0 Å². The first-order valence-corrected chi connectivity index (χ1v) is 9.81. The lowest BCUT2D eigenvalue weighted by Gasteiger charge is -2.31. The second-order valence-electron chi connectivity index (χ2n) is 6.59. The maximum atomic E-state index is 12.2. The molecule has 0 bridgehead atoms. The van der Waals surface area contributed by atoms with Crippen LogP contribution in [0.1, 0.15) is 32.1 Å². The summed E-state index contributed by atoms with van der Waals surface area (Å²) in [6.07, 6.45) is 3.92. The number of nitrogens with one attached hydrogen (secondary N) is 2. The largest absolute Gasteiger partial charge is 0.352 e. The molecule has 2 heterocycles. The highest BCUT2D eigenvalue weighted by Crippen LogP contribution is 2.22. The Kier molecular flexibility index (Phi) is 4.29. The molecule has 2 aliphatic heterocycles. The van der Waals surface area contributed by atoms with Crippen LogP contribution in [0.2, 0.25) is 0 Å². The van der Waals surface area contributed by atoms with Crippen LogP contribution >= 0.6 is 0 Å². The molecule has 3 amide bonds. The van der Waals surface area contributed by atoms with E-state index in [1.807, 2.05) is 0 Å². The molecule has 2 N–H and O–H groups in total. The van der Waals surface area contributed by atoms with E-state index in [2.05, 4.69) is 10.6 Å². The number of hydrogen-bond acceptors (Lipinski definition) is 4. The lowest BCUT2D eigenvalue weighted by molar-refractivity contribution is -0.126. The van der Waals surface area contributed by atoms with E-state index in [-0.39, 0.29) is 35.4 Å². The van der Waals surface area contributed by atoms with E-state index in [1.165, 1.54) is 0 Å². The summed E-state index contributed by atoms with van der Waals surface area (Å²) in [6.45, 7) is 1.17. The molecular weight excluding hydrogens is 306 g/mol. The summed E-state index contributed by atoms with van der Waals surface area (Å²) in [6, 6.07) is 0.0785. The molecule has 0 aromatic rings. The average Bonchev–Trinajstić information content (AvgIpc) is 3.22. The number of rotatable bonds is 3. The maximum Gasteiger partial charge on any atom is 0.317 e. The minimum absolute atomic E-state index is 0.0248. The van der Waals surface area contributed by atoms with Crippen LogP contribution < -0.4 is 10.6 Å². The van der Waals surface area contributed by atoms with Gasteiger partial charge in [0.15, 0.2) is 9.84 Å². The Morgan fingerprint density at radius 2 is 1.59 bits per heavy atom. The molecule has 0 aromatic heterocycles. The van der Waals surface area contributed by atoms with Gasteiger partial charge in [0, 0.05) is 31.1 Å². The maximum absolute atomic E-state index is 12.2. The van der Waals surface area contributed by atoms with Crippen LogP contribution in [0.4, 0.5) is 4.79 Å².